The number of benzene rings is 3. The van der Waals surface area contributed by atoms with Gasteiger partial charge >= 0.3 is 0 Å². The van der Waals surface area contributed by atoms with E-state index in [9.17, 15) is 0 Å². The molecule has 238 valence electrons. The number of unbranched alkanes of at least 4 members (excludes halogenated alkanes) is 4. The maximum absolute atomic E-state index is 2.73. The lowest BCUT2D eigenvalue weighted by Crippen LogP contribution is -2.34. The van der Waals surface area contributed by atoms with E-state index < -0.39 is 0 Å². The summed E-state index contributed by atoms with van der Waals surface area (Å²) in [6.07, 6.45) is 21.7. The van der Waals surface area contributed by atoms with Crippen molar-refractivity contribution in [3.63, 3.8) is 0 Å². The molecule has 44 heavy (non-hydrogen) atoms. The molecule has 2 fully saturated rings. The average Bonchev–Trinajstić information content (AvgIpc) is 3.37. The molecule has 0 radical (unpaired) electrons. The summed E-state index contributed by atoms with van der Waals surface area (Å²) in [5, 5.41) is 3.00. The van der Waals surface area contributed by atoms with Crippen LogP contribution in [0.5, 0.6) is 0 Å². The Balaban J connectivity index is 0.974. The van der Waals surface area contributed by atoms with Gasteiger partial charge < -0.3 is 9.80 Å². The molecule has 3 aromatic rings. The predicted octanol–water partition coefficient (Wildman–Crippen LogP) is 10.9. The van der Waals surface area contributed by atoms with E-state index in [4.69, 9.17) is 0 Å². The van der Waals surface area contributed by atoms with Crippen molar-refractivity contribution < 1.29 is 0 Å². The summed E-state index contributed by atoms with van der Waals surface area (Å²) in [5.74, 6) is 1.99. The van der Waals surface area contributed by atoms with Crippen molar-refractivity contribution in [3.05, 3.63) is 59.7 Å². The molecule has 0 saturated carbocycles. The van der Waals surface area contributed by atoms with Gasteiger partial charge in [-0.1, -0.05) is 101 Å². The lowest BCUT2D eigenvalue weighted by atomic mass is 9.92. The first-order chi connectivity index (χ1) is 21.7. The average molecular weight is 593 g/mol. The van der Waals surface area contributed by atoms with Crippen molar-refractivity contribution in [1.29, 1.82) is 0 Å². The van der Waals surface area contributed by atoms with Crippen LogP contribution in [0.15, 0.2) is 48.5 Å². The van der Waals surface area contributed by atoms with Crippen molar-refractivity contribution in [1.82, 2.24) is 9.80 Å². The van der Waals surface area contributed by atoms with Gasteiger partial charge in [0.05, 0.1) is 0 Å². The topological polar surface area (TPSA) is 6.48 Å². The van der Waals surface area contributed by atoms with Crippen LogP contribution in [-0.2, 0) is 12.8 Å². The minimum atomic E-state index is 0.996. The molecular formula is C42H60N2. The van der Waals surface area contributed by atoms with Crippen LogP contribution in [-0.4, -0.2) is 49.1 Å². The second-order valence-corrected chi connectivity index (χ2v) is 14.6. The molecule has 6 rings (SSSR count). The van der Waals surface area contributed by atoms with Gasteiger partial charge in [-0.05, 0) is 159 Å². The van der Waals surface area contributed by atoms with Gasteiger partial charge in [-0.15, -0.1) is 0 Å². The fourth-order valence-electron chi connectivity index (χ4n) is 8.82. The molecule has 3 aliphatic rings. The summed E-state index contributed by atoms with van der Waals surface area (Å²) < 4.78 is 0. The maximum Gasteiger partial charge on any atom is -0.00161 e. The number of nitrogens with zero attached hydrogens (tertiary/aromatic N) is 2. The molecule has 0 unspecified atom stereocenters. The molecule has 1 aliphatic carbocycles. The summed E-state index contributed by atoms with van der Waals surface area (Å²) in [4.78, 5) is 5.46. The highest BCUT2D eigenvalue weighted by molar-refractivity contribution is 6.16. The molecule has 2 heteroatoms. The largest absolute Gasteiger partial charge is 0.303 e. The third-order valence-corrected chi connectivity index (χ3v) is 11.5. The molecule has 0 atom stereocenters. The third kappa shape index (κ3) is 7.79. The van der Waals surface area contributed by atoms with Crippen LogP contribution >= 0.6 is 0 Å². The fourth-order valence-corrected chi connectivity index (χ4v) is 8.82. The molecule has 0 aromatic heterocycles. The van der Waals surface area contributed by atoms with Crippen molar-refractivity contribution >= 4 is 10.8 Å². The van der Waals surface area contributed by atoms with Gasteiger partial charge in [0.15, 0.2) is 0 Å². The Labute approximate surface area is 269 Å². The number of hydrogen-bond acceptors (Lipinski definition) is 2. The Morgan fingerprint density at radius 3 is 1.80 bits per heavy atom. The Hall–Kier alpha value is -2.16. The van der Waals surface area contributed by atoms with E-state index in [1.807, 2.05) is 0 Å². The van der Waals surface area contributed by atoms with E-state index in [-0.39, 0.29) is 0 Å². The number of aryl methyl sites for hydroxylation is 2. The number of hydrogen-bond donors (Lipinski definition) is 0. The van der Waals surface area contributed by atoms with Crippen LogP contribution in [0.25, 0.3) is 33.0 Å². The minimum absolute atomic E-state index is 0.996. The zero-order chi connectivity index (χ0) is 30.1. The van der Waals surface area contributed by atoms with Gasteiger partial charge in [-0.25, -0.2) is 0 Å². The lowest BCUT2D eigenvalue weighted by molar-refractivity contribution is 0.176. The van der Waals surface area contributed by atoms with Gasteiger partial charge in [-0.3, -0.25) is 0 Å². The van der Waals surface area contributed by atoms with Crippen LogP contribution < -0.4 is 0 Å². The summed E-state index contributed by atoms with van der Waals surface area (Å²) in [7, 11) is 0. The zero-order valence-electron chi connectivity index (χ0n) is 28.2. The number of rotatable bonds is 16. The summed E-state index contributed by atoms with van der Waals surface area (Å²) >= 11 is 0. The van der Waals surface area contributed by atoms with E-state index in [0.717, 1.165) is 11.8 Å². The van der Waals surface area contributed by atoms with E-state index in [2.05, 4.69) is 72.2 Å². The van der Waals surface area contributed by atoms with E-state index in [0.29, 0.717) is 0 Å². The van der Waals surface area contributed by atoms with Crippen molar-refractivity contribution in [2.24, 2.45) is 11.8 Å². The summed E-state index contributed by atoms with van der Waals surface area (Å²) in [6.45, 7) is 12.6. The molecule has 2 saturated heterocycles. The number of likely N-dealkylation sites (tertiary alicyclic amines) is 2. The molecule has 2 nitrogen and oxygen atoms in total. The number of piperidine rings is 2. The highest BCUT2D eigenvalue weighted by Gasteiger charge is 2.23. The highest BCUT2D eigenvalue weighted by atomic mass is 15.1. The quantitative estimate of drug-likeness (QED) is 0.119. The number of fused-ring (bicyclic) bond motifs is 3. The van der Waals surface area contributed by atoms with Crippen LogP contribution in [0.3, 0.4) is 0 Å². The molecule has 3 aromatic carbocycles. The van der Waals surface area contributed by atoms with E-state index in [1.54, 1.807) is 5.56 Å². The molecule has 0 spiro atoms. The molecule has 0 bridgehead atoms. The molecule has 0 N–H and O–H groups in total. The van der Waals surface area contributed by atoms with Gasteiger partial charge in [0.1, 0.15) is 0 Å². The normalized spacial score (nSPS) is 18.0. The highest BCUT2D eigenvalue weighted by Crippen LogP contribution is 2.48. The zero-order valence-corrected chi connectivity index (χ0v) is 28.2. The second kappa shape index (κ2) is 15.9. The Bertz CT molecular complexity index is 1330. The van der Waals surface area contributed by atoms with E-state index in [1.165, 1.54) is 181 Å². The Morgan fingerprint density at radius 1 is 0.568 bits per heavy atom. The standard InChI is InChI=1S/C42H60N2/c1-3-12-33-22-28-43(29-23-33)26-9-5-7-14-35-18-20-38-39-17-11-16-37-36(19-21-40(42(37)39)41(38)32-35)15-8-6-10-27-44-30-24-34(13-4-2)25-31-44/h11,16-21,32-34H,3-10,12-15,22-31H2,1-2H3. The van der Waals surface area contributed by atoms with Crippen LogP contribution in [0.1, 0.15) is 115 Å². The Morgan fingerprint density at radius 2 is 1.16 bits per heavy atom. The molecule has 2 heterocycles. The van der Waals surface area contributed by atoms with Crippen LogP contribution in [0, 0.1) is 11.8 Å². The second-order valence-electron chi connectivity index (χ2n) is 14.6. The van der Waals surface area contributed by atoms with Gasteiger partial charge in [0.25, 0.3) is 0 Å². The maximum atomic E-state index is 2.73. The molecular weight excluding hydrogens is 532 g/mol. The van der Waals surface area contributed by atoms with E-state index >= 15 is 0 Å². The van der Waals surface area contributed by atoms with Crippen LogP contribution in [0.4, 0.5) is 0 Å². The summed E-state index contributed by atoms with van der Waals surface area (Å²) in [6, 6.07) is 19.3. The predicted molar refractivity (Wildman–Crippen MR) is 192 cm³/mol. The van der Waals surface area contributed by atoms with Gasteiger partial charge in [0.2, 0.25) is 0 Å². The van der Waals surface area contributed by atoms with Gasteiger partial charge in [-0.2, -0.15) is 0 Å². The van der Waals surface area contributed by atoms with Crippen molar-refractivity contribution in [2.45, 2.75) is 117 Å². The monoisotopic (exact) mass is 592 g/mol. The third-order valence-electron chi connectivity index (χ3n) is 11.5. The van der Waals surface area contributed by atoms with Gasteiger partial charge in [0, 0.05) is 0 Å². The smallest absolute Gasteiger partial charge is 0.00161 e. The Kier molecular flexibility index (Phi) is 11.5. The molecule has 2 aliphatic heterocycles. The minimum Gasteiger partial charge on any atom is -0.303 e. The van der Waals surface area contributed by atoms with Crippen LogP contribution in [0.2, 0.25) is 0 Å². The van der Waals surface area contributed by atoms with Crippen molar-refractivity contribution in [3.8, 4) is 22.3 Å². The summed E-state index contributed by atoms with van der Waals surface area (Å²) in [5.41, 5.74) is 8.90. The molecule has 0 amide bonds. The fraction of sp³-hybridized carbons (Fsp3) is 0.619. The first kappa shape index (κ1) is 31.8. The lowest BCUT2D eigenvalue weighted by Gasteiger charge is -2.31. The SMILES string of the molecule is CCCC1CCN(CCCCCc2ccc3c(c2)-c2ccc(CCCCCN4CCC(CCC)CC4)c4cccc-3c24)CC1. The van der Waals surface area contributed by atoms with Crippen molar-refractivity contribution in [2.75, 3.05) is 39.3 Å². The first-order valence-electron chi connectivity index (χ1n) is 18.9. The first-order valence-corrected chi connectivity index (χ1v) is 18.9.